The summed E-state index contributed by atoms with van der Waals surface area (Å²) in [6.07, 6.45) is -0.982. The lowest BCUT2D eigenvalue weighted by atomic mass is 9.94. The Hall–Kier alpha value is -3.54. The topological polar surface area (TPSA) is 59.0 Å². The van der Waals surface area contributed by atoms with Gasteiger partial charge >= 0.3 is 0 Å². The summed E-state index contributed by atoms with van der Waals surface area (Å²) >= 11 is 0. The zero-order valence-corrected chi connectivity index (χ0v) is 14.0. The van der Waals surface area contributed by atoms with E-state index in [2.05, 4.69) is 5.16 Å². The number of halogens is 1. The summed E-state index contributed by atoms with van der Waals surface area (Å²) < 4.78 is 13.2. The van der Waals surface area contributed by atoms with Crippen molar-refractivity contribution in [3.63, 3.8) is 0 Å². The standard InChI is InChI=1S/C21H13FN2O3/c22-15-8-5-13(6-9-15)18-17-19(27-23-18)21(26)24(20(17)25)16-10-7-12-3-1-2-4-14(12)11-16/h1-11,17,19H. The van der Waals surface area contributed by atoms with Crippen molar-refractivity contribution in [1.29, 1.82) is 0 Å². The minimum absolute atomic E-state index is 0.349. The maximum Gasteiger partial charge on any atom is 0.278 e. The minimum Gasteiger partial charge on any atom is -0.381 e. The number of carbonyl (C=O) groups excluding carboxylic acids is 2. The Morgan fingerprint density at radius 1 is 0.889 bits per heavy atom. The summed E-state index contributed by atoms with van der Waals surface area (Å²) in [6, 6.07) is 18.8. The van der Waals surface area contributed by atoms with Crippen molar-refractivity contribution in [2.75, 3.05) is 4.90 Å². The van der Waals surface area contributed by atoms with Crippen molar-refractivity contribution in [2.45, 2.75) is 6.10 Å². The largest absolute Gasteiger partial charge is 0.381 e. The maximum absolute atomic E-state index is 13.2. The van der Waals surface area contributed by atoms with Crippen molar-refractivity contribution >= 4 is 34.0 Å². The molecule has 3 aromatic rings. The van der Waals surface area contributed by atoms with Gasteiger partial charge in [0.25, 0.3) is 5.91 Å². The molecule has 1 saturated heterocycles. The van der Waals surface area contributed by atoms with E-state index in [1.807, 2.05) is 30.3 Å². The molecule has 0 radical (unpaired) electrons. The van der Waals surface area contributed by atoms with Gasteiger partial charge in [0, 0.05) is 5.56 Å². The molecule has 3 aromatic carbocycles. The van der Waals surface area contributed by atoms with Crippen LogP contribution >= 0.6 is 0 Å². The molecule has 1 fully saturated rings. The van der Waals surface area contributed by atoms with Crippen LogP contribution in [0.25, 0.3) is 10.8 Å². The Kier molecular flexibility index (Phi) is 3.33. The van der Waals surface area contributed by atoms with Gasteiger partial charge in [-0.05, 0) is 35.0 Å². The number of hydrogen-bond donors (Lipinski definition) is 0. The second-order valence-corrected chi connectivity index (χ2v) is 6.53. The summed E-state index contributed by atoms with van der Waals surface area (Å²) in [4.78, 5) is 32.3. The van der Waals surface area contributed by atoms with Crippen LogP contribution < -0.4 is 4.90 Å². The number of anilines is 1. The van der Waals surface area contributed by atoms with Crippen molar-refractivity contribution in [3.05, 3.63) is 78.1 Å². The van der Waals surface area contributed by atoms with Crippen molar-refractivity contribution < 1.29 is 18.8 Å². The highest BCUT2D eigenvalue weighted by atomic mass is 19.1. The maximum atomic E-state index is 13.2. The number of oxime groups is 1. The average molecular weight is 360 g/mol. The molecule has 2 heterocycles. The molecular weight excluding hydrogens is 347 g/mol. The van der Waals surface area contributed by atoms with Crippen LogP contribution in [0.5, 0.6) is 0 Å². The zero-order valence-electron chi connectivity index (χ0n) is 14.0. The highest BCUT2D eigenvalue weighted by molar-refractivity contribution is 6.32. The van der Waals surface area contributed by atoms with E-state index in [0.29, 0.717) is 17.0 Å². The SMILES string of the molecule is O=C1C2ON=C(c3ccc(F)cc3)C2C(=O)N1c1ccc2ccccc2c1. The molecule has 0 aromatic heterocycles. The molecule has 5 nitrogen and oxygen atoms in total. The molecule has 0 bridgehead atoms. The third kappa shape index (κ3) is 2.33. The van der Waals surface area contributed by atoms with Gasteiger partial charge in [-0.2, -0.15) is 0 Å². The second kappa shape index (κ2) is 5.74. The quantitative estimate of drug-likeness (QED) is 0.659. The molecule has 0 N–H and O–H groups in total. The van der Waals surface area contributed by atoms with Crippen LogP contribution in [0.3, 0.4) is 0 Å². The van der Waals surface area contributed by atoms with Gasteiger partial charge in [0.15, 0.2) is 0 Å². The fraction of sp³-hybridized carbons (Fsp3) is 0.0952. The molecule has 0 aliphatic carbocycles. The Balaban J connectivity index is 1.53. The molecule has 5 rings (SSSR count). The molecule has 27 heavy (non-hydrogen) atoms. The lowest BCUT2D eigenvalue weighted by Gasteiger charge is -2.16. The number of hydrogen-bond acceptors (Lipinski definition) is 4. The van der Waals surface area contributed by atoms with Gasteiger partial charge in [0.05, 0.1) is 5.69 Å². The number of benzene rings is 3. The molecule has 0 spiro atoms. The van der Waals surface area contributed by atoms with Gasteiger partial charge in [-0.15, -0.1) is 0 Å². The van der Waals surface area contributed by atoms with E-state index in [9.17, 15) is 14.0 Å². The normalized spacial score (nSPS) is 21.4. The molecule has 2 atom stereocenters. The highest BCUT2D eigenvalue weighted by Crippen LogP contribution is 2.36. The fourth-order valence-electron chi connectivity index (χ4n) is 3.61. The molecule has 2 aliphatic rings. The Morgan fingerprint density at radius 2 is 1.63 bits per heavy atom. The van der Waals surface area contributed by atoms with Crippen LogP contribution in [0.15, 0.2) is 71.9 Å². The first kappa shape index (κ1) is 15.7. The van der Waals surface area contributed by atoms with Gasteiger partial charge in [0.1, 0.15) is 17.4 Å². The second-order valence-electron chi connectivity index (χ2n) is 6.53. The molecule has 2 unspecified atom stereocenters. The van der Waals surface area contributed by atoms with Crippen LogP contribution in [-0.2, 0) is 14.4 Å². The van der Waals surface area contributed by atoms with E-state index in [1.54, 1.807) is 12.1 Å². The van der Waals surface area contributed by atoms with Gasteiger partial charge in [-0.25, -0.2) is 9.29 Å². The van der Waals surface area contributed by atoms with Gasteiger partial charge in [-0.1, -0.05) is 47.6 Å². The molecule has 6 heteroatoms. The number of imide groups is 1. The van der Waals surface area contributed by atoms with Crippen molar-refractivity contribution in [2.24, 2.45) is 11.1 Å². The van der Waals surface area contributed by atoms with Gasteiger partial charge in [-0.3, -0.25) is 9.59 Å². The average Bonchev–Trinajstić information content (AvgIpc) is 3.23. The summed E-state index contributed by atoms with van der Waals surface area (Å²) in [7, 11) is 0. The van der Waals surface area contributed by atoms with Crippen molar-refractivity contribution in [1.82, 2.24) is 0 Å². The lowest BCUT2D eigenvalue weighted by molar-refractivity contribution is -0.126. The molecule has 2 aliphatic heterocycles. The summed E-state index contributed by atoms with van der Waals surface area (Å²) in [5.74, 6) is -2.04. The van der Waals surface area contributed by atoms with E-state index >= 15 is 0 Å². The van der Waals surface area contributed by atoms with E-state index in [4.69, 9.17) is 4.84 Å². The summed E-state index contributed by atoms with van der Waals surface area (Å²) in [6.45, 7) is 0. The third-order valence-electron chi connectivity index (χ3n) is 4.94. The summed E-state index contributed by atoms with van der Waals surface area (Å²) in [5.41, 5.74) is 1.41. The van der Waals surface area contributed by atoms with Crippen LogP contribution in [-0.4, -0.2) is 23.6 Å². The lowest BCUT2D eigenvalue weighted by Crippen LogP contribution is -2.33. The Morgan fingerprint density at radius 3 is 2.41 bits per heavy atom. The highest BCUT2D eigenvalue weighted by Gasteiger charge is 2.56. The Bertz CT molecular complexity index is 1120. The molecule has 0 saturated carbocycles. The van der Waals surface area contributed by atoms with Crippen LogP contribution in [0, 0.1) is 11.7 Å². The van der Waals surface area contributed by atoms with E-state index in [0.717, 1.165) is 15.7 Å². The smallest absolute Gasteiger partial charge is 0.278 e. The first-order valence-corrected chi connectivity index (χ1v) is 8.50. The van der Waals surface area contributed by atoms with Crippen LogP contribution in [0.2, 0.25) is 0 Å². The van der Waals surface area contributed by atoms with Gasteiger partial charge in [0.2, 0.25) is 12.0 Å². The summed E-state index contributed by atoms with van der Waals surface area (Å²) in [5, 5.41) is 5.88. The predicted molar refractivity (Wildman–Crippen MR) is 97.7 cm³/mol. The monoisotopic (exact) mass is 360 g/mol. The molecule has 132 valence electrons. The predicted octanol–water partition coefficient (Wildman–Crippen LogP) is 3.27. The number of rotatable bonds is 2. The minimum atomic E-state index is -0.982. The van der Waals surface area contributed by atoms with E-state index in [1.165, 1.54) is 24.3 Å². The van der Waals surface area contributed by atoms with E-state index in [-0.39, 0.29) is 11.7 Å². The van der Waals surface area contributed by atoms with Gasteiger partial charge < -0.3 is 4.84 Å². The first-order chi connectivity index (χ1) is 13.1. The number of amides is 2. The third-order valence-corrected chi connectivity index (χ3v) is 4.94. The number of fused-ring (bicyclic) bond motifs is 2. The van der Waals surface area contributed by atoms with Crippen molar-refractivity contribution in [3.8, 4) is 0 Å². The fourth-order valence-corrected chi connectivity index (χ4v) is 3.61. The molecule has 2 amide bonds. The number of carbonyl (C=O) groups is 2. The van der Waals surface area contributed by atoms with Crippen LogP contribution in [0.1, 0.15) is 5.56 Å². The Labute approximate surface area is 153 Å². The number of nitrogens with zero attached hydrogens (tertiary/aromatic N) is 2. The molecular formula is C21H13FN2O3. The zero-order chi connectivity index (χ0) is 18.5. The van der Waals surface area contributed by atoms with Crippen LogP contribution in [0.4, 0.5) is 10.1 Å². The van der Waals surface area contributed by atoms with E-state index < -0.39 is 17.9 Å². The first-order valence-electron chi connectivity index (χ1n) is 8.50.